The van der Waals surface area contributed by atoms with Crippen LogP contribution in [0.5, 0.6) is 0 Å². The Bertz CT molecular complexity index is 547. The number of halogens is 1. The van der Waals surface area contributed by atoms with Crippen LogP contribution in [0.25, 0.3) is 0 Å². The van der Waals surface area contributed by atoms with Gasteiger partial charge in [-0.05, 0) is 32.4 Å². The molecule has 1 aromatic heterocycles. The lowest BCUT2D eigenvalue weighted by molar-refractivity contribution is -0.146. The van der Waals surface area contributed by atoms with E-state index in [2.05, 4.69) is 10.3 Å². The van der Waals surface area contributed by atoms with Crippen LogP contribution in [0.15, 0.2) is 18.3 Å². The first-order chi connectivity index (χ1) is 11.0. The van der Waals surface area contributed by atoms with Gasteiger partial charge in [0.1, 0.15) is 11.2 Å². The molecule has 0 unspecified atom stereocenters. The van der Waals surface area contributed by atoms with E-state index >= 15 is 0 Å². The number of hydrogen-bond acceptors (Lipinski definition) is 6. The molecule has 0 aliphatic rings. The summed E-state index contributed by atoms with van der Waals surface area (Å²) in [4.78, 5) is 39.2. The van der Waals surface area contributed by atoms with Crippen molar-refractivity contribution in [1.29, 1.82) is 0 Å². The van der Waals surface area contributed by atoms with E-state index in [-0.39, 0.29) is 36.8 Å². The molecule has 1 heterocycles. The number of nitrogens with one attached hydrogen (secondary N) is 1. The van der Waals surface area contributed by atoms with Gasteiger partial charge in [-0.1, -0.05) is 11.6 Å². The zero-order chi connectivity index (χ0) is 17.2. The van der Waals surface area contributed by atoms with Gasteiger partial charge in [0.2, 0.25) is 0 Å². The molecule has 0 fully saturated rings. The number of nitrogens with zero attached hydrogens (tertiary/aromatic N) is 1. The van der Waals surface area contributed by atoms with Gasteiger partial charge >= 0.3 is 11.9 Å². The Kier molecular flexibility index (Phi) is 8.04. The topological polar surface area (TPSA) is 94.6 Å². The second-order valence-electron chi connectivity index (χ2n) is 4.49. The van der Waals surface area contributed by atoms with Crippen LogP contribution >= 0.6 is 11.6 Å². The summed E-state index contributed by atoms with van der Waals surface area (Å²) in [6.07, 6.45) is 1.38. The first-order valence-electron chi connectivity index (χ1n) is 7.22. The van der Waals surface area contributed by atoms with Crippen LogP contribution in [0.4, 0.5) is 0 Å². The Balaban J connectivity index is 2.71. The molecule has 0 aromatic carbocycles. The Morgan fingerprint density at radius 1 is 1.22 bits per heavy atom. The largest absolute Gasteiger partial charge is 0.466 e. The van der Waals surface area contributed by atoms with Crippen molar-refractivity contribution in [2.45, 2.75) is 32.7 Å². The molecule has 1 amide bonds. The zero-order valence-corrected chi connectivity index (χ0v) is 13.8. The summed E-state index contributed by atoms with van der Waals surface area (Å²) < 4.78 is 9.72. The fourth-order valence-corrected chi connectivity index (χ4v) is 1.85. The van der Waals surface area contributed by atoms with E-state index in [1.165, 1.54) is 18.3 Å². The number of amides is 1. The van der Waals surface area contributed by atoms with Gasteiger partial charge in [-0.2, -0.15) is 0 Å². The summed E-state index contributed by atoms with van der Waals surface area (Å²) in [6, 6.07) is 2.01. The van der Waals surface area contributed by atoms with Crippen LogP contribution in [-0.4, -0.2) is 42.1 Å². The van der Waals surface area contributed by atoms with Crippen molar-refractivity contribution in [2.24, 2.45) is 0 Å². The second kappa shape index (κ2) is 9.78. The number of pyridine rings is 1. The molecule has 0 radical (unpaired) electrons. The normalized spacial score (nSPS) is 11.4. The minimum absolute atomic E-state index is 0.00350. The van der Waals surface area contributed by atoms with Crippen molar-refractivity contribution in [1.82, 2.24) is 10.3 Å². The smallest absolute Gasteiger partial charge is 0.328 e. The third kappa shape index (κ3) is 6.65. The predicted molar refractivity (Wildman–Crippen MR) is 83.0 cm³/mol. The van der Waals surface area contributed by atoms with Crippen LogP contribution in [0, 0.1) is 0 Å². The van der Waals surface area contributed by atoms with Crippen molar-refractivity contribution in [3.63, 3.8) is 0 Å². The highest BCUT2D eigenvalue weighted by atomic mass is 35.5. The predicted octanol–water partition coefficient (Wildman–Crippen LogP) is 1.74. The quantitative estimate of drug-likeness (QED) is 0.571. The lowest BCUT2D eigenvalue weighted by Crippen LogP contribution is -2.42. The Morgan fingerprint density at radius 3 is 2.48 bits per heavy atom. The fourth-order valence-electron chi connectivity index (χ4n) is 1.74. The molecule has 1 atom stereocenters. The molecule has 0 aliphatic carbocycles. The monoisotopic (exact) mass is 342 g/mol. The highest BCUT2D eigenvalue weighted by Crippen LogP contribution is 2.07. The maximum Gasteiger partial charge on any atom is 0.328 e. The minimum atomic E-state index is -0.942. The van der Waals surface area contributed by atoms with E-state index in [1.54, 1.807) is 13.8 Å². The van der Waals surface area contributed by atoms with Crippen molar-refractivity contribution in [2.75, 3.05) is 13.2 Å². The van der Waals surface area contributed by atoms with Crippen molar-refractivity contribution < 1.29 is 23.9 Å². The second-order valence-corrected chi connectivity index (χ2v) is 4.88. The molecular weight excluding hydrogens is 324 g/mol. The molecule has 8 heteroatoms. The molecule has 23 heavy (non-hydrogen) atoms. The van der Waals surface area contributed by atoms with Gasteiger partial charge in [0.25, 0.3) is 5.91 Å². The summed E-state index contributed by atoms with van der Waals surface area (Å²) >= 11 is 5.66. The van der Waals surface area contributed by atoms with Crippen LogP contribution in [0.1, 0.15) is 37.0 Å². The SMILES string of the molecule is CCOC(=O)CC[C@H](NC(=O)c1ccc(Cl)nc1)C(=O)OCC. The minimum Gasteiger partial charge on any atom is -0.466 e. The maximum absolute atomic E-state index is 12.1. The van der Waals surface area contributed by atoms with Gasteiger partial charge in [-0.15, -0.1) is 0 Å². The Hall–Kier alpha value is -2.15. The van der Waals surface area contributed by atoms with Gasteiger partial charge in [-0.3, -0.25) is 9.59 Å². The number of carbonyl (C=O) groups excluding carboxylic acids is 3. The van der Waals surface area contributed by atoms with Crippen LogP contribution in [-0.2, 0) is 19.1 Å². The van der Waals surface area contributed by atoms with Gasteiger partial charge in [0.05, 0.1) is 18.8 Å². The van der Waals surface area contributed by atoms with Crippen molar-refractivity contribution in [3.8, 4) is 0 Å². The number of aromatic nitrogens is 1. The molecular formula is C15H19ClN2O5. The number of hydrogen-bond donors (Lipinski definition) is 1. The summed E-state index contributed by atoms with van der Waals surface area (Å²) in [5.41, 5.74) is 0.250. The first-order valence-corrected chi connectivity index (χ1v) is 7.60. The summed E-state index contributed by atoms with van der Waals surface area (Å²) in [6.45, 7) is 3.78. The number of rotatable bonds is 8. The van der Waals surface area contributed by atoms with E-state index in [9.17, 15) is 14.4 Å². The molecule has 1 N–H and O–H groups in total. The molecule has 0 saturated carbocycles. The zero-order valence-electron chi connectivity index (χ0n) is 13.0. The maximum atomic E-state index is 12.1. The van der Waals surface area contributed by atoms with Gasteiger partial charge < -0.3 is 14.8 Å². The van der Waals surface area contributed by atoms with E-state index in [1.807, 2.05) is 0 Å². The van der Waals surface area contributed by atoms with E-state index in [4.69, 9.17) is 21.1 Å². The van der Waals surface area contributed by atoms with E-state index < -0.39 is 23.9 Å². The number of esters is 2. The van der Waals surface area contributed by atoms with Gasteiger partial charge in [-0.25, -0.2) is 9.78 Å². The Labute approximate surface area is 139 Å². The Morgan fingerprint density at radius 2 is 1.91 bits per heavy atom. The summed E-state index contributed by atoms with van der Waals surface area (Å²) in [7, 11) is 0. The standard InChI is InChI=1S/C15H19ClN2O5/c1-3-22-13(19)8-6-11(15(21)23-4-2)18-14(20)10-5-7-12(16)17-9-10/h5,7,9,11H,3-4,6,8H2,1-2H3,(H,18,20)/t11-/m0/s1. The highest BCUT2D eigenvalue weighted by molar-refractivity contribution is 6.29. The molecule has 0 aliphatic heterocycles. The molecule has 0 saturated heterocycles. The molecule has 1 rings (SSSR count). The third-order valence-electron chi connectivity index (χ3n) is 2.81. The molecule has 0 spiro atoms. The van der Waals surface area contributed by atoms with Crippen molar-refractivity contribution >= 4 is 29.4 Å². The van der Waals surface area contributed by atoms with Gasteiger partial charge in [0.15, 0.2) is 0 Å². The van der Waals surface area contributed by atoms with Crippen LogP contribution < -0.4 is 5.32 Å². The first kappa shape index (κ1) is 18.9. The van der Waals surface area contributed by atoms with E-state index in [0.29, 0.717) is 0 Å². The summed E-state index contributed by atoms with van der Waals surface area (Å²) in [5.74, 6) is -1.55. The fraction of sp³-hybridized carbons (Fsp3) is 0.467. The lowest BCUT2D eigenvalue weighted by Gasteiger charge is -2.17. The summed E-state index contributed by atoms with van der Waals surface area (Å²) in [5, 5.41) is 2.79. The van der Waals surface area contributed by atoms with Crippen LogP contribution in [0.3, 0.4) is 0 Å². The van der Waals surface area contributed by atoms with Gasteiger partial charge in [0, 0.05) is 12.6 Å². The average Bonchev–Trinajstić information content (AvgIpc) is 2.52. The molecule has 7 nitrogen and oxygen atoms in total. The highest BCUT2D eigenvalue weighted by Gasteiger charge is 2.24. The van der Waals surface area contributed by atoms with E-state index in [0.717, 1.165) is 0 Å². The third-order valence-corrected chi connectivity index (χ3v) is 3.03. The lowest BCUT2D eigenvalue weighted by atomic mass is 10.1. The number of ether oxygens (including phenoxy) is 2. The van der Waals surface area contributed by atoms with Crippen LogP contribution in [0.2, 0.25) is 5.15 Å². The average molecular weight is 343 g/mol. The molecule has 0 bridgehead atoms. The molecule has 1 aromatic rings. The number of carbonyl (C=O) groups is 3. The van der Waals surface area contributed by atoms with Crippen molar-refractivity contribution in [3.05, 3.63) is 29.0 Å². The molecule has 126 valence electrons.